The fourth-order valence-electron chi connectivity index (χ4n) is 4.42. The van der Waals surface area contributed by atoms with Crippen LogP contribution in [0.1, 0.15) is 66.1 Å². The normalized spacial score (nSPS) is 21.1. The molecule has 2 N–H and O–H groups in total. The average Bonchev–Trinajstić information content (AvgIpc) is 3.05. The van der Waals surface area contributed by atoms with Gasteiger partial charge in [0, 0.05) is 14.0 Å². The molecule has 2 atom stereocenters. The fourth-order valence-corrected chi connectivity index (χ4v) is 7.88. The Labute approximate surface area is 203 Å². The van der Waals surface area contributed by atoms with Crippen LogP contribution in [0.3, 0.4) is 0 Å². The number of rotatable bonds is 4. The quantitative estimate of drug-likeness (QED) is 0.385. The SMILES string of the molecule is CCC(C)(C)[C@@H]1CCc2c(sc3c2C(=O)N[C@H](c2cc(I)cc(I)c2OC)N3)C1. The van der Waals surface area contributed by atoms with Crippen molar-refractivity contribution in [1.82, 2.24) is 5.32 Å². The lowest BCUT2D eigenvalue weighted by atomic mass is 9.69. The third-order valence-corrected chi connectivity index (χ3v) is 9.22. The molecular weight excluding hydrogens is 610 g/mol. The van der Waals surface area contributed by atoms with E-state index in [0.29, 0.717) is 11.3 Å². The van der Waals surface area contributed by atoms with Crippen LogP contribution in [0.25, 0.3) is 0 Å². The van der Waals surface area contributed by atoms with Crippen molar-refractivity contribution in [3.05, 3.63) is 40.8 Å². The van der Waals surface area contributed by atoms with Gasteiger partial charge < -0.3 is 15.4 Å². The van der Waals surface area contributed by atoms with Crippen molar-refractivity contribution < 1.29 is 9.53 Å². The molecular formula is C22H26I2N2O2S. The van der Waals surface area contributed by atoms with Crippen LogP contribution in [0.15, 0.2) is 12.1 Å². The number of anilines is 1. The first-order valence-electron chi connectivity index (χ1n) is 10.00. The molecule has 1 aromatic heterocycles. The molecule has 29 heavy (non-hydrogen) atoms. The number of carbonyl (C=O) groups excluding carboxylic acids is 1. The third kappa shape index (κ3) is 3.91. The predicted molar refractivity (Wildman–Crippen MR) is 136 cm³/mol. The molecule has 0 saturated heterocycles. The molecule has 0 unspecified atom stereocenters. The average molecular weight is 636 g/mol. The van der Waals surface area contributed by atoms with Crippen LogP contribution in [-0.2, 0) is 12.8 Å². The summed E-state index contributed by atoms with van der Waals surface area (Å²) in [5, 5.41) is 7.78. The van der Waals surface area contributed by atoms with Crippen LogP contribution in [0.4, 0.5) is 5.00 Å². The number of nitrogens with one attached hydrogen (secondary N) is 2. The summed E-state index contributed by atoms with van der Waals surface area (Å²) in [5.41, 5.74) is 3.44. The van der Waals surface area contributed by atoms with Gasteiger partial charge in [0.2, 0.25) is 0 Å². The Balaban J connectivity index is 1.68. The number of hydrogen-bond donors (Lipinski definition) is 2. The number of methoxy groups -OCH3 is 1. The van der Waals surface area contributed by atoms with Crippen LogP contribution in [0.2, 0.25) is 0 Å². The van der Waals surface area contributed by atoms with Gasteiger partial charge in [-0.3, -0.25) is 4.79 Å². The van der Waals surface area contributed by atoms with Gasteiger partial charge >= 0.3 is 0 Å². The van der Waals surface area contributed by atoms with E-state index in [1.54, 1.807) is 18.4 Å². The third-order valence-electron chi connectivity index (χ3n) is 6.61. The van der Waals surface area contributed by atoms with Gasteiger partial charge in [-0.25, -0.2) is 0 Å². The Hall–Kier alpha value is -0.550. The molecule has 1 aliphatic carbocycles. The van der Waals surface area contributed by atoms with Crippen molar-refractivity contribution in [1.29, 1.82) is 0 Å². The molecule has 1 aliphatic heterocycles. The molecule has 2 heterocycles. The van der Waals surface area contributed by atoms with E-state index in [9.17, 15) is 4.79 Å². The lowest BCUT2D eigenvalue weighted by Gasteiger charge is -2.36. The summed E-state index contributed by atoms with van der Waals surface area (Å²) in [6.07, 6.45) is 4.15. The summed E-state index contributed by atoms with van der Waals surface area (Å²) in [4.78, 5) is 14.5. The maximum atomic E-state index is 13.1. The number of benzene rings is 1. The topological polar surface area (TPSA) is 50.4 Å². The van der Waals surface area contributed by atoms with Gasteiger partial charge in [-0.05, 0) is 93.5 Å². The van der Waals surface area contributed by atoms with E-state index in [-0.39, 0.29) is 12.1 Å². The van der Waals surface area contributed by atoms with E-state index in [1.807, 2.05) is 0 Å². The van der Waals surface area contributed by atoms with Crippen LogP contribution in [-0.4, -0.2) is 13.0 Å². The molecule has 1 aromatic carbocycles. The largest absolute Gasteiger partial charge is 0.495 e. The highest BCUT2D eigenvalue weighted by Gasteiger charge is 2.38. The molecule has 4 rings (SSSR count). The van der Waals surface area contributed by atoms with Gasteiger partial charge in [0.25, 0.3) is 5.91 Å². The lowest BCUT2D eigenvalue weighted by molar-refractivity contribution is 0.0934. The fraction of sp³-hybridized carbons (Fsp3) is 0.500. The summed E-state index contributed by atoms with van der Waals surface area (Å²) in [7, 11) is 1.68. The summed E-state index contributed by atoms with van der Waals surface area (Å²) in [6, 6.07) is 4.16. The van der Waals surface area contributed by atoms with E-state index >= 15 is 0 Å². The van der Waals surface area contributed by atoms with E-state index in [0.717, 1.165) is 48.3 Å². The minimum atomic E-state index is -0.281. The maximum absolute atomic E-state index is 13.1. The first-order valence-corrected chi connectivity index (χ1v) is 13.0. The summed E-state index contributed by atoms with van der Waals surface area (Å²) >= 11 is 6.37. The second-order valence-electron chi connectivity index (χ2n) is 8.55. The van der Waals surface area contributed by atoms with E-state index in [4.69, 9.17) is 4.74 Å². The molecule has 2 aliphatic rings. The molecule has 7 heteroatoms. The van der Waals surface area contributed by atoms with Crippen LogP contribution in [0, 0.1) is 18.5 Å². The zero-order valence-electron chi connectivity index (χ0n) is 17.1. The second kappa shape index (κ2) is 8.18. The Morgan fingerprint density at radius 2 is 2.03 bits per heavy atom. The lowest BCUT2D eigenvalue weighted by Crippen LogP contribution is -2.38. The van der Waals surface area contributed by atoms with Crippen LogP contribution >= 0.6 is 56.5 Å². The molecule has 156 valence electrons. The molecule has 0 radical (unpaired) electrons. The summed E-state index contributed by atoms with van der Waals surface area (Å²) < 4.78 is 7.82. The van der Waals surface area contributed by atoms with Gasteiger partial charge in [-0.1, -0.05) is 27.2 Å². The highest BCUT2D eigenvalue weighted by Crippen LogP contribution is 2.47. The number of thiophene rings is 1. The summed E-state index contributed by atoms with van der Waals surface area (Å²) in [5.74, 6) is 1.53. The van der Waals surface area contributed by atoms with Gasteiger partial charge in [0.1, 0.15) is 16.9 Å². The van der Waals surface area contributed by atoms with Gasteiger partial charge in [0.15, 0.2) is 0 Å². The predicted octanol–water partition coefficient (Wildman–Crippen LogP) is 6.36. The van der Waals surface area contributed by atoms with Crippen molar-refractivity contribution in [3.8, 4) is 5.75 Å². The first kappa shape index (κ1) is 21.7. The Bertz CT molecular complexity index is 970. The Morgan fingerprint density at radius 1 is 1.28 bits per heavy atom. The molecule has 2 aromatic rings. The molecule has 0 bridgehead atoms. The number of amides is 1. The maximum Gasteiger partial charge on any atom is 0.256 e. The van der Waals surface area contributed by atoms with Crippen molar-refractivity contribution in [2.45, 2.75) is 52.6 Å². The smallest absolute Gasteiger partial charge is 0.256 e. The van der Waals surface area contributed by atoms with Crippen molar-refractivity contribution >= 4 is 67.4 Å². The summed E-state index contributed by atoms with van der Waals surface area (Å²) in [6.45, 7) is 7.04. The van der Waals surface area contributed by atoms with E-state index in [2.05, 4.69) is 88.7 Å². The highest BCUT2D eigenvalue weighted by molar-refractivity contribution is 14.1. The number of carbonyl (C=O) groups is 1. The minimum absolute atomic E-state index is 0.0328. The number of fused-ring (bicyclic) bond motifs is 3. The molecule has 0 saturated carbocycles. The molecule has 1 amide bonds. The molecule has 0 fully saturated rings. The number of halogens is 2. The zero-order chi connectivity index (χ0) is 20.9. The van der Waals surface area contributed by atoms with Crippen molar-refractivity contribution in [3.63, 3.8) is 0 Å². The van der Waals surface area contributed by atoms with Crippen molar-refractivity contribution in [2.24, 2.45) is 11.3 Å². The Morgan fingerprint density at radius 3 is 2.72 bits per heavy atom. The van der Waals surface area contributed by atoms with Gasteiger partial charge in [-0.15, -0.1) is 11.3 Å². The second-order valence-corrected chi connectivity index (χ2v) is 12.1. The number of hydrogen-bond acceptors (Lipinski definition) is 4. The first-order chi connectivity index (χ1) is 13.7. The molecule has 0 spiro atoms. The number of ether oxygens (including phenoxy) is 1. The standard InChI is InChI=1S/C22H26I2N2O2S/c1-5-22(2,3)11-6-7-13-16(8-11)29-21-17(13)20(27)25-19(26-21)14-9-12(23)10-15(24)18(14)28-4/h9-11,19,26H,5-8H2,1-4H3,(H,25,27)/t11-,19+/m1/s1. The molecule has 4 nitrogen and oxygen atoms in total. The van der Waals surface area contributed by atoms with Crippen LogP contribution < -0.4 is 15.4 Å². The Kier molecular flexibility index (Phi) is 6.11. The van der Waals surface area contributed by atoms with Gasteiger partial charge in [-0.2, -0.15) is 0 Å². The van der Waals surface area contributed by atoms with Crippen molar-refractivity contribution in [2.75, 3.05) is 12.4 Å². The van der Waals surface area contributed by atoms with E-state index < -0.39 is 0 Å². The van der Waals surface area contributed by atoms with Crippen LogP contribution in [0.5, 0.6) is 5.75 Å². The van der Waals surface area contributed by atoms with E-state index in [1.165, 1.54) is 16.9 Å². The minimum Gasteiger partial charge on any atom is -0.495 e. The van der Waals surface area contributed by atoms with Gasteiger partial charge in [0.05, 0.1) is 16.2 Å². The highest BCUT2D eigenvalue weighted by atomic mass is 127. The zero-order valence-corrected chi connectivity index (χ0v) is 22.2. The monoisotopic (exact) mass is 636 g/mol.